The zero-order valence-electron chi connectivity index (χ0n) is 15.1. The van der Waals surface area contributed by atoms with E-state index in [1.807, 2.05) is 23.1 Å². The van der Waals surface area contributed by atoms with Crippen molar-refractivity contribution in [2.75, 3.05) is 29.9 Å². The molecule has 2 aliphatic heterocycles. The number of alkyl halides is 3. The maximum atomic E-state index is 12.8. The zero-order valence-corrected chi connectivity index (χ0v) is 15.1. The fourth-order valence-electron chi connectivity index (χ4n) is 3.97. The van der Waals surface area contributed by atoms with Crippen molar-refractivity contribution in [1.82, 2.24) is 15.1 Å². The van der Waals surface area contributed by atoms with Crippen LogP contribution in [0.25, 0.3) is 0 Å². The number of hydrogen-bond donors (Lipinski definition) is 1. The maximum absolute atomic E-state index is 12.8. The molecule has 1 N–H and O–H groups in total. The number of aromatic nitrogens is 2. The molecule has 28 heavy (non-hydrogen) atoms. The summed E-state index contributed by atoms with van der Waals surface area (Å²) in [6, 6.07) is 12.0. The molecule has 1 aromatic carbocycles. The van der Waals surface area contributed by atoms with E-state index in [4.69, 9.17) is 0 Å². The predicted molar refractivity (Wildman–Crippen MR) is 98.2 cm³/mol. The average molecular weight is 391 g/mol. The summed E-state index contributed by atoms with van der Waals surface area (Å²) in [5.41, 5.74) is 0.849. The number of carbonyl (C=O) groups excluding carboxylic acids is 1. The molecule has 4 rings (SSSR count). The Bertz CT molecular complexity index is 814. The highest BCUT2D eigenvalue weighted by Gasteiger charge is 2.45. The second-order valence-corrected chi connectivity index (χ2v) is 7.17. The molecule has 148 valence electrons. The van der Waals surface area contributed by atoms with E-state index in [1.165, 1.54) is 0 Å². The smallest absolute Gasteiger partial charge is 0.352 e. The number of benzene rings is 1. The van der Waals surface area contributed by atoms with Crippen LogP contribution in [0, 0.1) is 0 Å². The van der Waals surface area contributed by atoms with Crippen LogP contribution in [-0.4, -0.2) is 58.9 Å². The van der Waals surface area contributed by atoms with Gasteiger partial charge < -0.3 is 10.2 Å². The Morgan fingerprint density at radius 2 is 1.71 bits per heavy atom. The first-order valence-electron chi connectivity index (χ1n) is 9.16. The Morgan fingerprint density at radius 3 is 2.29 bits per heavy atom. The van der Waals surface area contributed by atoms with Crippen molar-refractivity contribution >= 4 is 17.4 Å². The van der Waals surface area contributed by atoms with Gasteiger partial charge in [0.2, 0.25) is 0 Å². The van der Waals surface area contributed by atoms with Crippen LogP contribution in [0.1, 0.15) is 23.3 Å². The molecule has 2 atom stereocenters. The normalized spacial score (nSPS) is 22.3. The molecule has 2 aromatic rings. The minimum Gasteiger partial charge on any atom is -0.352 e. The van der Waals surface area contributed by atoms with E-state index in [1.54, 1.807) is 29.2 Å². The summed E-state index contributed by atoms with van der Waals surface area (Å²) in [4.78, 5) is 15.8. The number of rotatable bonds is 4. The van der Waals surface area contributed by atoms with Crippen LogP contribution in [0.5, 0.6) is 0 Å². The Labute approximate surface area is 160 Å². The fourth-order valence-corrected chi connectivity index (χ4v) is 3.97. The van der Waals surface area contributed by atoms with Gasteiger partial charge in [-0.1, -0.05) is 18.2 Å². The number of nitrogens with one attached hydrogen (secondary N) is 1. The van der Waals surface area contributed by atoms with Gasteiger partial charge in [-0.05, 0) is 37.1 Å². The highest BCUT2D eigenvalue weighted by molar-refractivity contribution is 6.02. The van der Waals surface area contributed by atoms with E-state index in [0.29, 0.717) is 24.6 Å². The van der Waals surface area contributed by atoms with Crippen molar-refractivity contribution in [2.45, 2.75) is 31.1 Å². The molecule has 0 aliphatic carbocycles. The first-order chi connectivity index (χ1) is 13.4. The number of carbonyl (C=O) groups is 1. The van der Waals surface area contributed by atoms with Gasteiger partial charge >= 0.3 is 6.18 Å². The summed E-state index contributed by atoms with van der Waals surface area (Å²) in [6.45, 7) is 0.105. The average Bonchev–Trinajstić information content (AvgIpc) is 2.89. The molecule has 0 spiro atoms. The molecule has 3 heterocycles. The first-order valence-corrected chi connectivity index (χ1v) is 9.16. The van der Waals surface area contributed by atoms with E-state index >= 15 is 0 Å². The zero-order chi connectivity index (χ0) is 19.7. The molecular weight excluding hydrogens is 371 g/mol. The number of hydrogen-bond acceptors (Lipinski definition) is 5. The van der Waals surface area contributed by atoms with Gasteiger partial charge in [0.1, 0.15) is 0 Å². The number of halogens is 3. The van der Waals surface area contributed by atoms with Gasteiger partial charge in [0, 0.05) is 30.9 Å². The molecule has 2 bridgehead atoms. The lowest BCUT2D eigenvalue weighted by Gasteiger charge is -2.41. The summed E-state index contributed by atoms with van der Waals surface area (Å²) in [6.07, 6.45) is -2.68. The maximum Gasteiger partial charge on any atom is 0.401 e. The molecule has 2 unspecified atom stereocenters. The highest BCUT2D eigenvalue weighted by Crippen LogP contribution is 2.34. The summed E-state index contributed by atoms with van der Waals surface area (Å²) in [5, 5.41) is 10.9. The molecule has 6 nitrogen and oxygen atoms in total. The van der Waals surface area contributed by atoms with Crippen molar-refractivity contribution in [1.29, 1.82) is 0 Å². The molecule has 0 saturated carbocycles. The third kappa shape index (κ3) is 4.09. The van der Waals surface area contributed by atoms with Crippen LogP contribution in [0.4, 0.5) is 24.7 Å². The minimum atomic E-state index is -4.18. The monoisotopic (exact) mass is 391 g/mol. The Hall–Kier alpha value is -2.68. The van der Waals surface area contributed by atoms with Gasteiger partial charge in [-0.3, -0.25) is 9.69 Å². The number of anilines is 2. The largest absolute Gasteiger partial charge is 0.401 e. The van der Waals surface area contributed by atoms with Crippen LogP contribution >= 0.6 is 0 Å². The van der Waals surface area contributed by atoms with Crippen LogP contribution in [0.3, 0.4) is 0 Å². The van der Waals surface area contributed by atoms with Crippen molar-refractivity contribution < 1.29 is 18.0 Å². The lowest BCUT2D eigenvalue weighted by Crippen LogP contribution is -2.56. The summed E-state index contributed by atoms with van der Waals surface area (Å²) in [5.74, 6) is 0.222. The van der Waals surface area contributed by atoms with Crippen LogP contribution in [0.2, 0.25) is 0 Å². The van der Waals surface area contributed by atoms with Crippen molar-refractivity contribution in [2.24, 2.45) is 0 Å². The lowest BCUT2D eigenvalue weighted by atomic mass is 10.2. The van der Waals surface area contributed by atoms with Gasteiger partial charge in [-0.25, -0.2) is 0 Å². The first kappa shape index (κ1) is 18.7. The molecule has 2 saturated heterocycles. The van der Waals surface area contributed by atoms with E-state index in [9.17, 15) is 18.0 Å². The van der Waals surface area contributed by atoms with Crippen LogP contribution in [0.15, 0.2) is 42.5 Å². The van der Waals surface area contributed by atoms with Gasteiger partial charge in [-0.2, -0.15) is 13.2 Å². The number of fused-ring (bicyclic) bond motifs is 2. The van der Waals surface area contributed by atoms with Gasteiger partial charge in [0.05, 0.1) is 6.54 Å². The van der Waals surface area contributed by atoms with E-state index in [-0.39, 0.29) is 23.7 Å². The Kier molecular flexibility index (Phi) is 4.92. The quantitative estimate of drug-likeness (QED) is 0.869. The predicted octanol–water partition coefficient (Wildman–Crippen LogP) is 2.94. The van der Waals surface area contributed by atoms with Crippen molar-refractivity contribution in [3.63, 3.8) is 0 Å². The van der Waals surface area contributed by atoms with E-state index in [2.05, 4.69) is 15.5 Å². The fraction of sp³-hybridized carbons (Fsp3) is 0.421. The highest BCUT2D eigenvalue weighted by atomic mass is 19.4. The molecule has 9 heteroatoms. The Balaban J connectivity index is 1.40. The summed E-state index contributed by atoms with van der Waals surface area (Å²) >= 11 is 0. The topological polar surface area (TPSA) is 61.4 Å². The number of para-hydroxylation sites is 1. The number of amides is 1. The molecule has 2 fully saturated rings. The molecule has 1 amide bonds. The van der Waals surface area contributed by atoms with Gasteiger partial charge in [0.25, 0.3) is 5.91 Å². The van der Waals surface area contributed by atoms with Crippen LogP contribution in [-0.2, 0) is 0 Å². The molecule has 1 aromatic heterocycles. The standard InChI is InChI=1S/C19H20F3N5O/c20-19(21,22)12-27-14-6-7-15(27)11-26(10-14)17-9-8-16(24-25-17)18(28)23-13-4-2-1-3-5-13/h1-5,8-9,14-15H,6-7,10-12H2,(H,23,28). The number of piperazine rings is 1. The Morgan fingerprint density at radius 1 is 1.04 bits per heavy atom. The van der Waals surface area contributed by atoms with E-state index in [0.717, 1.165) is 12.8 Å². The SMILES string of the molecule is O=C(Nc1ccccc1)c1ccc(N2CC3CCC(C2)N3CC(F)(F)F)nn1. The van der Waals surface area contributed by atoms with Crippen LogP contribution < -0.4 is 10.2 Å². The summed E-state index contributed by atoms with van der Waals surface area (Å²) < 4.78 is 38.4. The van der Waals surface area contributed by atoms with Gasteiger partial charge in [-0.15, -0.1) is 10.2 Å². The van der Waals surface area contributed by atoms with Gasteiger partial charge in [0.15, 0.2) is 11.5 Å². The van der Waals surface area contributed by atoms with Crippen molar-refractivity contribution in [3.05, 3.63) is 48.2 Å². The van der Waals surface area contributed by atoms with Crippen molar-refractivity contribution in [3.8, 4) is 0 Å². The third-order valence-corrected chi connectivity index (χ3v) is 5.23. The second-order valence-electron chi connectivity index (χ2n) is 7.17. The lowest BCUT2D eigenvalue weighted by molar-refractivity contribution is -0.153. The summed E-state index contributed by atoms with van der Waals surface area (Å²) in [7, 11) is 0. The second kappa shape index (κ2) is 7.38. The minimum absolute atomic E-state index is 0.136. The molecule has 2 aliphatic rings. The van der Waals surface area contributed by atoms with E-state index < -0.39 is 12.7 Å². The third-order valence-electron chi connectivity index (χ3n) is 5.23. The molecular formula is C19H20F3N5O. The number of nitrogens with zero attached hydrogens (tertiary/aromatic N) is 4. The molecule has 0 radical (unpaired) electrons.